The first kappa shape index (κ1) is 27.9. The number of ether oxygens (including phenoxy) is 3. The molecule has 2 aromatic rings. The van der Waals surface area contributed by atoms with Crippen molar-refractivity contribution in [2.45, 2.75) is 53.4 Å². The van der Waals surface area contributed by atoms with Crippen molar-refractivity contribution in [3.63, 3.8) is 0 Å². The van der Waals surface area contributed by atoms with Crippen molar-refractivity contribution in [1.29, 1.82) is 0 Å². The summed E-state index contributed by atoms with van der Waals surface area (Å²) in [5.74, 6) is 0.198. The molecule has 0 saturated heterocycles. The Hall–Kier alpha value is -3.35. The molecule has 0 spiro atoms. The van der Waals surface area contributed by atoms with Crippen LogP contribution in [0, 0.1) is 11.3 Å². The topological polar surface area (TPSA) is 90.9 Å². The Morgan fingerprint density at radius 3 is 2.43 bits per heavy atom. The molecule has 0 aromatic heterocycles. The molecule has 0 heterocycles. The Bertz CT molecular complexity index is 1030. The van der Waals surface area contributed by atoms with Gasteiger partial charge in [-0.2, -0.15) is 0 Å². The second-order valence-electron chi connectivity index (χ2n) is 9.75. The summed E-state index contributed by atoms with van der Waals surface area (Å²) >= 11 is 0. The van der Waals surface area contributed by atoms with Crippen LogP contribution in [0.15, 0.2) is 54.6 Å². The monoisotopic (exact) mass is 483 g/mol. The van der Waals surface area contributed by atoms with Crippen LogP contribution >= 0.6 is 0 Å². The number of amides is 1. The highest BCUT2D eigenvalue weighted by molar-refractivity contribution is 5.87. The number of alkyl carbamates (subject to hydrolysis) is 1. The van der Waals surface area contributed by atoms with E-state index >= 15 is 0 Å². The second kappa shape index (κ2) is 13.5. The zero-order chi connectivity index (χ0) is 25.8. The number of hydrogen-bond acceptors (Lipinski definition) is 6. The lowest BCUT2D eigenvalue weighted by Gasteiger charge is -2.28. The zero-order valence-corrected chi connectivity index (χ0v) is 21.2. The van der Waals surface area contributed by atoms with Gasteiger partial charge in [-0.25, -0.2) is 9.59 Å². The normalized spacial score (nSPS) is 12.0. The van der Waals surface area contributed by atoms with Gasteiger partial charge in [0.1, 0.15) is 19.0 Å². The van der Waals surface area contributed by atoms with Crippen molar-refractivity contribution < 1.29 is 28.6 Å². The predicted molar refractivity (Wildman–Crippen MR) is 136 cm³/mol. The van der Waals surface area contributed by atoms with Gasteiger partial charge < -0.3 is 19.5 Å². The highest BCUT2D eigenvalue weighted by Crippen LogP contribution is 2.28. The van der Waals surface area contributed by atoms with Crippen LogP contribution in [0.3, 0.4) is 0 Å². The van der Waals surface area contributed by atoms with Gasteiger partial charge in [-0.15, -0.1) is 0 Å². The van der Waals surface area contributed by atoms with E-state index in [1.165, 1.54) is 0 Å². The molecule has 0 bridgehead atoms. The third-order valence-corrected chi connectivity index (χ3v) is 5.54. The summed E-state index contributed by atoms with van der Waals surface area (Å²) < 4.78 is 15.4. The fourth-order valence-electron chi connectivity index (χ4n) is 3.88. The SMILES string of the molecule is C=C(C)C(=O)OCCOC(=O)NCC(C)(C)CC(C)CCCC(=O)Oc1ccc2ccccc2c1. The lowest BCUT2D eigenvalue weighted by atomic mass is 9.81. The van der Waals surface area contributed by atoms with Crippen molar-refractivity contribution in [2.24, 2.45) is 11.3 Å². The van der Waals surface area contributed by atoms with Crippen LogP contribution in [0.25, 0.3) is 10.8 Å². The average molecular weight is 484 g/mol. The molecule has 7 heteroatoms. The number of carbonyl (C=O) groups is 3. The molecule has 2 aromatic carbocycles. The van der Waals surface area contributed by atoms with E-state index in [4.69, 9.17) is 14.2 Å². The van der Waals surface area contributed by atoms with Crippen LogP contribution in [0.1, 0.15) is 53.4 Å². The number of fused-ring (bicyclic) bond motifs is 1. The first-order chi connectivity index (χ1) is 16.6. The quantitative estimate of drug-likeness (QED) is 0.167. The number of carbonyl (C=O) groups excluding carboxylic acids is 3. The smallest absolute Gasteiger partial charge is 0.407 e. The Morgan fingerprint density at radius 1 is 1.03 bits per heavy atom. The molecule has 1 amide bonds. The van der Waals surface area contributed by atoms with Crippen LogP contribution in [0.4, 0.5) is 4.79 Å². The van der Waals surface area contributed by atoms with Gasteiger partial charge in [-0.3, -0.25) is 4.79 Å². The molecule has 0 aliphatic carbocycles. The highest BCUT2D eigenvalue weighted by Gasteiger charge is 2.22. The first-order valence-corrected chi connectivity index (χ1v) is 12.0. The number of benzene rings is 2. The van der Waals surface area contributed by atoms with Gasteiger partial charge in [0.05, 0.1) is 0 Å². The van der Waals surface area contributed by atoms with E-state index < -0.39 is 12.1 Å². The molecule has 0 radical (unpaired) electrons. The summed E-state index contributed by atoms with van der Waals surface area (Å²) in [5.41, 5.74) is 0.156. The van der Waals surface area contributed by atoms with Gasteiger partial charge >= 0.3 is 18.0 Å². The molecule has 35 heavy (non-hydrogen) atoms. The molecule has 190 valence electrons. The minimum absolute atomic E-state index is 0.0111. The summed E-state index contributed by atoms with van der Waals surface area (Å²) in [6.45, 7) is 11.8. The molecule has 0 saturated carbocycles. The van der Waals surface area contributed by atoms with Gasteiger partial charge in [0.15, 0.2) is 0 Å². The zero-order valence-electron chi connectivity index (χ0n) is 21.2. The Morgan fingerprint density at radius 2 is 1.71 bits per heavy atom. The summed E-state index contributed by atoms with van der Waals surface area (Å²) in [5, 5.41) is 4.91. The summed E-state index contributed by atoms with van der Waals surface area (Å²) in [6.07, 6.45) is 2.31. The summed E-state index contributed by atoms with van der Waals surface area (Å²) in [4.78, 5) is 35.4. The Labute approximate surface area is 207 Å². The van der Waals surface area contributed by atoms with Crippen LogP contribution in [0.5, 0.6) is 5.75 Å². The largest absolute Gasteiger partial charge is 0.459 e. The fourth-order valence-corrected chi connectivity index (χ4v) is 3.88. The van der Waals surface area contributed by atoms with Gasteiger partial charge in [-0.05, 0) is 54.0 Å². The van der Waals surface area contributed by atoms with Gasteiger partial charge in [0.25, 0.3) is 0 Å². The van der Waals surface area contributed by atoms with Crippen molar-refractivity contribution in [1.82, 2.24) is 5.32 Å². The van der Waals surface area contributed by atoms with Crippen molar-refractivity contribution in [3.05, 3.63) is 54.6 Å². The van der Waals surface area contributed by atoms with E-state index in [1.807, 2.05) is 42.5 Å². The molecule has 0 fully saturated rings. The molecule has 7 nitrogen and oxygen atoms in total. The van der Waals surface area contributed by atoms with E-state index in [-0.39, 0.29) is 24.6 Å². The maximum Gasteiger partial charge on any atom is 0.407 e. The van der Waals surface area contributed by atoms with Crippen LogP contribution in [-0.2, 0) is 19.1 Å². The van der Waals surface area contributed by atoms with E-state index in [9.17, 15) is 14.4 Å². The lowest BCUT2D eigenvalue weighted by Crippen LogP contribution is -2.35. The summed E-state index contributed by atoms with van der Waals surface area (Å²) in [6, 6.07) is 13.6. The molecule has 0 aliphatic rings. The van der Waals surface area contributed by atoms with Crippen molar-refractivity contribution in [2.75, 3.05) is 19.8 Å². The molecular weight excluding hydrogens is 446 g/mol. The van der Waals surface area contributed by atoms with E-state index in [1.54, 1.807) is 6.92 Å². The minimum atomic E-state index is -0.548. The molecule has 0 aliphatic heterocycles. The minimum Gasteiger partial charge on any atom is -0.459 e. The average Bonchev–Trinajstić information content (AvgIpc) is 2.80. The standard InChI is InChI=1S/C28H37NO6/c1-20(2)26(31)33-15-16-34-27(32)29-19-28(4,5)18-21(3)9-8-12-25(30)35-24-14-13-22-10-6-7-11-23(22)17-24/h6-7,10-11,13-14,17,21H,1,8-9,12,15-16,18-19H2,2-5H3,(H,29,32). The van der Waals surface area contributed by atoms with Gasteiger partial charge in [0.2, 0.25) is 0 Å². The third-order valence-electron chi connectivity index (χ3n) is 5.54. The Kier molecular flexibility index (Phi) is 10.8. The number of rotatable bonds is 13. The van der Waals surface area contributed by atoms with Crippen LogP contribution in [0.2, 0.25) is 0 Å². The van der Waals surface area contributed by atoms with E-state index in [2.05, 4.69) is 32.7 Å². The maximum atomic E-state index is 12.3. The molecule has 1 N–H and O–H groups in total. The van der Waals surface area contributed by atoms with Gasteiger partial charge in [-0.1, -0.05) is 64.1 Å². The Balaban J connectivity index is 1.62. The lowest BCUT2D eigenvalue weighted by molar-refractivity contribution is -0.140. The molecular formula is C28H37NO6. The molecule has 1 atom stereocenters. The number of hydrogen-bond donors (Lipinski definition) is 1. The third kappa shape index (κ3) is 10.6. The van der Waals surface area contributed by atoms with Crippen LogP contribution in [-0.4, -0.2) is 37.8 Å². The van der Waals surface area contributed by atoms with Gasteiger partial charge in [0, 0.05) is 18.5 Å². The highest BCUT2D eigenvalue weighted by atomic mass is 16.6. The maximum absolute atomic E-state index is 12.3. The fraction of sp³-hybridized carbons (Fsp3) is 0.464. The molecule has 1 unspecified atom stereocenters. The van der Waals surface area contributed by atoms with Crippen LogP contribution < -0.4 is 10.1 Å². The number of esters is 2. The number of nitrogens with one attached hydrogen (secondary N) is 1. The second-order valence-corrected chi connectivity index (χ2v) is 9.75. The first-order valence-electron chi connectivity index (χ1n) is 12.0. The van der Waals surface area contributed by atoms with Crippen molar-refractivity contribution in [3.8, 4) is 5.75 Å². The van der Waals surface area contributed by atoms with E-state index in [0.717, 1.165) is 30.0 Å². The van der Waals surface area contributed by atoms with E-state index in [0.29, 0.717) is 30.2 Å². The van der Waals surface area contributed by atoms with Crippen molar-refractivity contribution >= 4 is 28.8 Å². The summed E-state index contributed by atoms with van der Waals surface area (Å²) in [7, 11) is 0. The molecule has 2 rings (SSSR count). The predicted octanol–water partition coefficient (Wildman–Crippen LogP) is 5.81.